The zero-order valence-electron chi connectivity index (χ0n) is 14.3. The van der Waals surface area contributed by atoms with Crippen LogP contribution >= 0.6 is 0 Å². The molecule has 2 heterocycles. The van der Waals surface area contributed by atoms with Crippen molar-refractivity contribution in [1.29, 1.82) is 0 Å². The van der Waals surface area contributed by atoms with E-state index >= 15 is 0 Å². The molecule has 0 N–H and O–H groups in total. The van der Waals surface area contributed by atoms with E-state index in [-0.39, 0.29) is 11.8 Å². The molecule has 1 aliphatic rings. The summed E-state index contributed by atoms with van der Waals surface area (Å²) >= 11 is 0. The molecule has 1 aliphatic carbocycles. The minimum Gasteiger partial charge on any atom is -0.361 e. The average molecular weight is 317 g/mol. The van der Waals surface area contributed by atoms with Gasteiger partial charge in [0.25, 0.3) is 0 Å². The number of aryl methyl sites for hydroxylation is 4. The summed E-state index contributed by atoms with van der Waals surface area (Å²) in [6.07, 6.45) is 0.971. The summed E-state index contributed by atoms with van der Waals surface area (Å²) in [5, 5.41) is 7.98. The summed E-state index contributed by atoms with van der Waals surface area (Å²) in [5.74, 6) is 2.33. The van der Waals surface area contributed by atoms with Crippen LogP contribution < -0.4 is 0 Å². The largest absolute Gasteiger partial charge is 0.361 e. The van der Waals surface area contributed by atoms with Crippen LogP contribution in [0.5, 0.6) is 0 Å². The number of carbonyl (C=O) groups is 1. The number of hydrogen-bond acceptors (Lipinski definition) is 5. The summed E-state index contributed by atoms with van der Waals surface area (Å²) < 4.78 is 10.5. The average Bonchev–Trinajstić information content (AvgIpc) is 3.06. The molecule has 23 heavy (non-hydrogen) atoms. The Balaban J connectivity index is 1.86. The minimum atomic E-state index is 0.135. The number of carbonyl (C=O) groups excluding carboxylic acids is 1. The Hall–Kier alpha value is -2.11. The first-order valence-electron chi connectivity index (χ1n) is 8.00. The van der Waals surface area contributed by atoms with Crippen molar-refractivity contribution >= 4 is 5.91 Å². The van der Waals surface area contributed by atoms with Crippen molar-refractivity contribution in [3.8, 4) is 0 Å². The van der Waals surface area contributed by atoms with Gasteiger partial charge in [-0.05, 0) is 40.0 Å². The molecule has 2 aromatic heterocycles. The molecule has 0 unspecified atom stereocenters. The molecule has 1 amide bonds. The molecule has 2 aromatic rings. The van der Waals surface area contributed by atoms with Crippen molar-refractivity contribution in [1.82, 2.24) is 15.2 Å². The van der Waals surface area contributed by atoms with Gasteiger partial charge in [0.2, 0.25) is 5.91 Å². The van der Waals surface area contributed by atoms with Crippen LogP contribution in [0.15, 0.2) is 9.05 Å². The zero-order chi connectivity index (χ0) is 16.7. The highest BCUT2D eigenvalue weighted by Gasteiger charge is 2.42. The van der Waals surface area contributed by atoms with Crippen LogP contribution in [0.2, 0.25) is 0 Å². The summed E-state index contributed by atoms with van der Waals surface area (Å²) in [5.41, 5.74) is 3.64. The van der Waals surface area contributed by atoms with Crippen molar-refractivity contribution in [3.63, 3.8) is 0 Å². The van der Waals surface area contributed by atoms with Crippen LogP contribution in [0.4, 0.5) is 0 Å². The number of amides is 1. The van der Waals surface area contributed by atoms with Crippen LogP contribution in [-0.2, 0) is 17.9 Å². The van der Waals surface area contributed by atoms with Gasteiger partial charge < -0.3 is 13.9 Å². The highest BCUT2D eigenvalue weighted by Crippen LogP contribution is 2.40. The smallest absolute Gasteiger partial charge is 0.226 e. The van der Waals surface area contributed by atoms with Gasteiger partial charge >= 0.3 is 0 Å². The third-order valence-corrected chi connectivity index (χ3v) is 4.80. The Morgan fingerprint density at radius 1 is 1.04 bits per heavy atom. The first kappa shape index (κ1) is 15.8. The second kappa shape index (κ2) is 5.83. The molecule has 0 radical (unpaired) electrons. The Labute approximate surface area is 135 Å². The first-order chi connectivity index (χ1) is 10.9. The fourth-order valence-electron chi connectivity index (χ4n) is 2.95. The van der Waals surface area contributed by atoms with E-state index in [0.29, 0.717) is 19.0 Å². The van der Waals surface area contributed by atoms with E-state index in [1.54, 1.807) is 0 Å². The molecule has 0 aromatic carbocycles. The number of aromatic nitrogens is 2. The van der Waals surface area contributed by atoms with E-state index in [4.69, 9.17) is 9.05 Å². The third kappa shape index (κ3) is 3.02. The van der Waals surface area contributed by atoms with Crippen molar-refractivity contribution in [2.24, 2.45) is 11.8 Å². The maximum Gasteiger partial charge on any atom is 0.226 e. The predicted molar refractivity (Wildman–Crippen MR) is 83.5 cm³/mol. The second-order valence-corrected chi connectivity index (χ2v) is 6.62. The van der Waals surface area contributed by atoms with Crippen molar-refractivity contribution < 1.29 is 13.8 Å². The summed E-state index contributed by atoms with van der Waals surface area (Å²) in [6.45, 7) is 10.7. The van der Waals surface area contributed by atoms with Gasteiger partial charge in [-0.1, -0.05) is 17.2 Å². The van der Waals surface area contributed by atoms with E-state index in [2.05, 4.69) is 17.2 Å². The third-order valence-electron chi connectivity index (χ3n) is 4.80. The van der Waals surface area contributed by atoms with Gasteiger partial charge in [-0.25, -0.2) is 0 Å². The molecule has 124 valence electrons. The fraction of sp³-hybridized carbons (Fsp3) is 0.588. The highest BCUT2D eigenvalue weighted by atomic mass is 16.5. The molecule has 6 nitrogen and oxygen atoms in total. The van der Waals surface area contributed by atoms with Crippen LogP contribution in [-0.4, -0.2) is 21.1 Å². The van der Waals surface area contributed by atoms with Crippen molar-refractivity contribution in [3.05, 3.63) is 34.0 Å². The van der Waals surface area contributed by atoms with Gasteiger partial charge in [-0.3, -0.25) is 4.79 Å². The molecule has 0 saturated heterocycles. The normalized spacial score (nSPS) is 19.9. The van der Waals surface area contributed by atoms with Crippen molar-refractivity contribution in [2.45, 2.75) is 54.1 Å². The van der Waals surface area contributed by atoms with E-state index in [1.165, 1.54) is 0 Å². The van der Waals surface area contributed by atoms with Crippen LogP contribution in [0.25, 0.3) is 0 Å². The zero-order valence-corrected chi connectivity index (χ0v) is 14.3. The topological polar surface area (TPSA) is 72.4 Å². The lowest BCUT2D eigenvalue weighted by atomic mass is 10.1. The molecular formula is C17H23N3O3. The summed E-state index contributed by atoms with van der Waals surface area (Å²) in [6, 6.07) is 0. The Kier molecular flexibility index (Phi) is 4.00. The Bertz CT molecular complexity index is 644. The lowest BCUT2D eigenvalue weighted by molar-refractivity contribution is -0.134. The molecule has 6 heteroatoms. The van der Waals surface area contributed by atoms with Crippen LogP contribution in [0, 0.1) is 39.5 Å². The maximum absolute atomic E-state index is 12.8. The quantitative estimate of drug-likeness (QED) is 0.847. The van der Waals surface area contributed by atoms with E-state index in [9.17, 15) is 4.79 Å². The monoisotopic (exact) mass is 317 g/mol. The van der Waals surface area contributed by atoms with Crippen LogP contribution in [0.3, 0.4) is 0 Å². The fourth-order valence-corrected chi connectivity index (χ4v) is 2.95. The number of rotatable bonds is 5. The Morgan fingerprint density at radius 2 is 1.48 bits per heavy atom. The molecular weight excluding hydrogens is 294 g/mol. The second-order valence-electron chi connectivity index (χ2n) is 6.62. The first-order valence-corrected chi connectivity index (χ1v) is 8.00. The lowest BCUT2D eigenvalue weighted by Crippen LogP contribution is -2.32. The minimum absolute atomic E-state index is 0.135. The lowest BCUT2D eigenvalue weighted by Gasteiger charge is -2.23. The predicted octanol–water partition coefficient (Wildman–Crippen LogP) is 3.08. The summed E-state index contributed by atoms with van der Waals surface area (Å²) in [7, 11) is 0. The van der Waals surface area contributed by atoms with Gasteiger partial charge in [0.1, 0.15) is 11.5 Å². The molecule has 0 aliphatic heterocycles. The van der Waals surface area contributed by atoms with Crippen LogP contribution in [0.1, 0.15) is 47.4 Å². The van der Waals surface area contributed by atoms with E-state index in [0.717, 1.165) is 40.5 Å². The Morgan fingerprint density at radius 3 is 1.78 bits per heavy atom. The van der Waals surface area contributed by atoms with Gasteiger partial charge in [0.05, 0.1) is 24.5 Å². The van der Waals surface area contributed by atoms with Gasteiger partial charge in [-0.2, -0.15) is 0 Å². The molecule has 3 rings (SSSR count). The van der Waals surface area contributed by atoms with Gasteiger partial charge in [0, 0.05) is 17.0 Å². The SMILES string of the molecule is Cc1noc(C)c1CN(Cc1c(C)noc1C)C(=O)[C@H]1C[C@H]1C. The molecule has 2 atom stereocenters. The maximum atomic E-state index is 12.8. The van der Waals surface area contributed by atoms with Crippen molar-refractivity contribution in [2.75, 3.05) is 0 Å². The summed E-state index contributed by atoms with van der Waals surface area (Å²) in [4.78, 5) is 14.7. The molecule has 1 saturated carbocycles. The highest BCUT2D eigenvalue weighted by molar-refractivity contribution is 5.81. The van der Waals surface area contributed by atoms with E-state index < -0.39 is 0 Å². The van der Waals surface area contributed by atoms with Gasteiger partial charge in [-0.15, -0.1) is 0 Å². The number of hydrogen-bond donors (Lipinski definition) is 0. The number of nitrogens with zero attached hydrogens (tertiary/aromatic N) is 3. The molecule has 0 spiro atoms. The molecule has 0 bridgehead atoms. The van der Waals surface area contributed by atoms with Gasteiger partial charge in [0.15, 0.2) is 0 Å². The standard InChI is InChI=1S/C17H23N3O3/c1-9-6-14(9)17(21)20(7-15-10(2)18-22-12(15)4)8-16-11(3)19-23-13(16)5/h9,14H,6-8H2,1-5H3/t9-,14+/m1/s1. The van der Waals surface area contributed by atoms with E-state index in [1.807, 2.05) is 32.6 Å². The molecule has 1 fully saturated rings.